The van der Waals surface area contributed by atoms with Gasteiger partial charge in [0.25, 0.3) is 5.91 Å². The second-order valence-corrected chi connectivity index (χ2v) is 7.19. The van der Waals surface area contributed by atoms with Crippen LogP contribution in [0.4, 0.5) is 17.3 Å². The maximum Gasteiger partial charge on any atom is 0.264 e. The van der Waals surface area contributed by atoms with E-state index in [2.05, 4.69) is 24.8 Å². The fourth-order valence-electron chi connectivity index (χ4n) is 3.36. The van der Waals surface area contributed by atoms with Crippen LogP contribution in [0.25, 0.3) is 11.0 Å². The number of amides is 1. The Balaban J connectivity index is 1.46. The first kappa shape index (κ1) is 16.0. The van der Waals surface area contributed by atoms with Crippen LogP contribution in [0.2, 0.25) is 0 Å². The van der Waals surface area contributed by atoms with Gasteiger partial charge in [0.05, 0.1) is 17.5 Å². The zero-order chi connectivity index (χ0) is 18.5. The predicted octanol–water partition coefficient (Wildman–Crippen LogP) is 2.64. The van der Waals surface area contributed by atoms with Gasteiger partial charge in [-0.15, -0.1) is 0 Å². The van der Waals surface area contributed by atoms with E-state index in [0.29, 0.717) is 23.2 Å². The monoisotopic (exact) mass is 364 g/mol. The smallest absolute Gasteiger partial charge is 0.264 e. The van der Waals surface area contributed by atoms with E-state index >= 15 is 0 Å². The summed E-state index contributed by atoms with van der Waals surface area (Å²) in [5.41, 5.74) is 3.56. The van der Waals surface area contributed by atoms with E-state index in [9.17, 15) is 4.79 Å². The highest BCUT2D eigenvalue weighted by atomic mass is 16.5. The van der Waals surface area contributed by atoms with Crippen LogP contribution in [0.15, 0.2) is 24.5 Å². The fourth-order valence-corrected chi connectivity index (χ4v) is 3.36. The largest absolute Gasteiger partial charge is 0.466 e. The molecule has 0 bridgehead atoms. The highest BCUT2D eigenvalue weighted by Crippen LogP contribution is 2.33. The number of fused-ring (bicyclic) bond motifs is 2. The van der Waals surface area contributed by atoms with E-state index in [-0.39, 0.29) is 12.5 Å². The van der Waals surface area contributed by atoms with Crippen LogP contribution in [0, 0.1) is 12.8 Å². The molecule has 1 saturated carbocycles. The Hall–Kier alpha value is -3.16. The molecule has 1 aliphatic heterocycles. The van der Waals surface area contributed by atoms with Gasteiger partial charge in [-0.3, -0.25) is 4.79 Å². The van der Waals surface area contributed by atoms with Crippen molar-refractivity contribution in [2.75, 3.05) is 23.9 Å². The molecule has 5 rings (SSSR count). The van der Waals surface area contributed by atoms with Crippen molar-refractivity contribution in [1.29, 1.82) is 0 Å². The number of likely N-dealkylation sites (N-methyl/N-ethyl adjacent to an activating group) is 1. The third kappa shape index (κ3) is 2.87. The van der Waals surface area contributed by atoms with Crippen molar-refractivity contribution >= 4 is 34.3 Å². The number of aromatic nitrogens is 4. The van der Waals surface area contributed by atoms with Crippen LogP contribution in [0.1, 0.15) is 18.5 Å². The highest BCUT2D eigenvalue weighted by Gasteiger charge is 2.24. The van der Waals surface area contributed by atoms with E-state index < -0.39 is 0 Å². The Morgan fingerprint density at radius 1 is 1.26 bits per heavy atom. The number of carbonyl (C=O) groups is 1. The van der Waals surface area contributed by atoms with Gasteiger partial charge in [0.15, 0.2) is 6.61 Å². The molecule has 4 heterocycles. The Labute approximate surface area is 156 Å². The lowest BCUT2D eigenvalue weighted by Gasteiger charge is -2.25. The Morgan fingerprint density at radius 3 is 2.93 bits per heavy atom. The molecule has 8 nitrogen and oxygen atoms in total. The van der Waals surface area contributed by atoms with E-state index in [1.54, 1.807) is 11.9 Å². The van der Waals surface area contributed by atoms with Crippen LogP contribution in [0.5, 0.6) is 5.88 Å². The SMILES string of the molecule is Cc1nc(Nc2ccc3c(n2)OCC(=O)N3C)cc2c1ncn2CC1CC1. The summed E-state index contributed by atoms with van der Waals surface area (Å²) in [4.78, 5) is 26.9. The highest BCUT2D eigenvalue weighted by molar-refractivity contribution is 5.97. The molecule has 138 valence electrons. The summed E-state index contributed by atoms with van der Waals surface area (Å²) in [6.45, 7) is 2.97. The summed E-state index contributed by atoms with van der Waals surface area (Å²) in [6.07, 6.45) is 4.49. The summed E-state index contributed by atoms with van der Waals surface area (Å²) < 4.78 is 7.66. The van der Waals surface area contributed by atoms with Gasteiger partial charge in [0.1, 0.15) is 22.8 Å². The first-order chi connectivity index (χ1) is 13.1. The number of hydrogen-bond acceptors (Lipinski definition) is 6. The van der Waals surface area contributed by atoms with Crippen molar-refractivity contribution in [3.8, 4) is 5.88 Å². The zero-order valence-electron chi connectivity index (χ0n) is 15.3. The third-order valence-corrected chi connectivity index (χ3v) is 5.10. The number of hydrogen-bond donors (Lipinski definition) is 1. The molecule has 0 saturated heterocycles. The number of carbonyl (C=O) groups excluding carboxylic acids is 1. The normalized spacial score (nSPS) is 16.4. The molecule has 0 aromatic carbocycles. The number of imidazole rings is 1. The van der Waals surface area contributed by atoms with E-state index in [1.807, 2.05) is 31.5 Å². The molecule has 1 amide bonds. The zero-order valence-corrected chi connectivity index (χ0v) is 15.3. The number of anilines is 3. The van der Waals surface area contributed by atoms with Gasteiger partial charge in [-0.1, -0.05) is 0 Å². The van der Waals surface area contributed by atoms with E-state index in [4.69, 9.17) is 4.74 Å². The number of aryl methyl sites for hydroxylation is 1. The van der Waals surface area contributed by atoms with Crippen LogP contribution in [-0.4, -0.2) is 39.1 Å². The predicted molar refractivity (Wildman–Crippen MR) is 101 cm³/mol. The van der Waals surface area contributed by atoms with Crippen molar-refractivity contribution in [3.63, 3.8) is 0 Å². The molecule has 0 radical (unpaired) electrons. The molecule has 8 heteroatoms. The van der Waals surface area contributed by atoms with Crippen molar-refractivity contribution in [1.82, 2.24) is 19.5 Å². The van der Waals surface area contributed by atoms with Gasteiger partial charge in [-0.05, 0) is 37.8 Å². The summed E-state index contributed by atoms with van der Waals surface area (Å²) in [5, 5.41) is 3.25. The summed E-state index contributed by atoms with van der Waals surface area (Å²) >= 11 is 0. The fraction of sp³-hybridized carbons (Fsp3) is 0.368. The lowest BCUT2D eigenvalue weighted by atomic mass is 10.3. The van der Waals surface area contributed by atoms with Crippen LogP contribution < -0.4 is 15.0 Å². The van der Waals surface area contributed by atoms with Crippen LogP contribution in [-0.2, 0) is 11.3 Å². The molecule has 3 aromatic rings. The minimum Gasteiger partial charge on any atom is -0.466 e. The maximum atomic E-state index is 11.7. The van der Waals surface area contributed by atoms with Gasteiger partial charge in [-0.2, -0.15) is 4.98 Å². The first-order valence-corrected chi connectivity index (χ1v) is 9.08. The molecule has 1 N–H and O–H groups in total. The average molecular weight is 364 g/mol. The Kier molecular flexibility index (Phi) is 3.53. The minimum atomic E-state index is -0.0864. The van der Waals surface area contributed by atoms with Gasteiger partial charge < -0.3 is 19.5 Å². The second kappa shape index (κ2) is 5.94. The number of ether oxygens (including phenoxy) is 1. The molecule has 1 aliphatic carbocycles. The molecular weight excluding hydrogens is 344 g/mol. The van der Waals surface area contributed by atoms with E-state index in [0.717, 1.165) is 29.2 Å². The van der Waals surface area contributed by atoms with Gasteiger partial charge in [0.2, 0.25) is 5.88 Å². The van der Waals surface area contributed by atoms with Gasteiger partial charge in [0, 0.05) is 19.7 Å². The molecule has 0 atom stereocenters. The average Bonchev–Trinajstić information content (AvgIpc) is 3.38. The Morgan fingerprint density at radius 2 is 2.11 bits per heavy atom. The first-order valence-electron chi connectivity index (χ1n) is 9.08. The van der Waals surface area contributed by atoms with Crippen molar-refractivity contribution in [2.45, 2.75) is 26.3 Å². The molecule has 3 aromatic heterocycles. The second-order valence-electron chi connectivity index (χ2n) is 7.19. The number of nitrogens with one attached hydrogen (secondary N) is 1. The number of pyridine rings is 2. The lowest BCUT2D eigenvalue weighted by Crippen LogP contribution is -2.35. The topological polar surface area (TPSA) is 85.2 Å². The van der Waals surface area contributed by atoms with Gasteiger partial charge in [-0.25, -0.2) is 9.97 Å². The maximum absolute atomic E-state index is 11.7. The molecular formula is C19H20N6O2. The minimum absolute atomic E-state index is 0.00359. The Bertz CT molecular complexity index is 1060. The molecule has 2 aliphatic rings. The van der Waals surface area contributed by atoms with E-state index in [1.165, 1.54) is 12.8 Å². The number of rotatable bonds is 4. The van der Waals surface area contributed by atoms with Crippen molar-refractivity contribution in [3.05, 3.63) is 30.2 Å². The van der Waals surface area contributed by atoms with Crippen LogP contribution >= 0.6 is 0 Å². The van der Waals surface area contributed by atoms with Crippen LogP contribution in [0.3, 0.4) is 0 Å². The molecule has 27 heavy (non-hydrogen) atoms. The van der Waals surface area contributed by atoms with Crippen molar-refractivity contribution in [2.24, 2.45) is 5.92 Å². The molecule has 0 unspecified atom stereocenters. The van der Waals surface area contributed by atoms with Crippen molar-refractivity contribution < 1.29 is 9.53 Å². The molecule has 1 fully saturated rings. The van der Waals surface area contributed by atoms with Gasteiger partial charge >= 0.3 is 0 Å². The lowest BCUT2D eigenvalue weighted by molar-refractivity contribution is -0.121. The quantitative estimate of drug-likeness (QED) is 0.766. The summed E-state index contributed by atoms with van der Waals surface area (Å²) in [6, 6.07) is 5.65. The third-order valence-electron chi connectivity index (χ3n) is 5.10. The number of nitrogens with zero attached hydrogens (tertiary/aromatic N) is 5. The summed E-state index contributed by atoms with van der Waals surface area (Å²) in [5.74, 6) is 2.46. The summed E-state index contributed by atoms with van der Waals surface area (Å²) in [7, 11) is 1.72. The standard InChI is InChI=1S/C19H20N6O2/c1-11-18-14(25(10-20-18)8-12-3-4-12)7-16(21-11)22-15-6-5-13-19(23-15)27-9-17(26)24(13)2/h5-7,10,12H,3-4,8-9H2,1-2H3,(H,21,22,23). The molecule has 0 spiro atoms.